The Labute approximate surface area is 86.7 Å². The van der Waals surface area contributed by atoms with Crippen LogP contribution in [0.3, 0.4) is 0 Å². The molecule has 1 heterocycles. The molecule has 1 unspecified atom stereocenters. The predicted molar refractivity (Wildman–Crippen MR) is 52.4 cm³/mol. The average molecular weight is 207 g/mol. The molecule has 0 bridgehead atoms. The lowest BCUT2D eigenvalue weighted by Gasteiger charge is -2.19. The van der Waals surface area contributed by atoms with Crippen LogP contribution in [0.2, 0.25) is 0 Å². The van der Waals surface area contributed by atoms with E-state index in [-0.39, 0.29) is 0 Å². The van der Waals surface area contributed by atoms with E-state index in [4.69, 9.17) is 5.73 Å². The lowest BCUT2D eigenvalue weighted by atomic mass is 9.92. The Morgan fingerprint density at radius 1 is 1.60 bits per heavy atom. The van der Waals surface area contributed by atoms with Crippen LogP contribution in [0.1, 0.15) is 42.1 Å². The Hall–Kier alpha value is -1.36. The largest absolute Gasteiger partial charge is 0.480 e. The minimum Gasteiger partial charge on any atom is -0.480 e. The number of nitrogens with two attached hydrogens (primary N) is 1. The van der Waals surface area contributed by atoms with Gasteiger partial charge in [0.1, 0.15) is 5.54 Å². The number of aliphatic carboxylic acids is 1. The number of carbonyl (C=O) groups is 1. The van der Waals surface area contributed by atoms with Crippen LogP contribution in [0.15, 0.2) is 0 Å². The summed E-state index contributed by atoms with van der Waals surface area (Å²) >= 11 is 0. The molecular formula is C10H13N3O2. The highest BCUT2D eigenvalue weighted by Crippen LogP contribution is 2.46. The van der Waals surface area contributed by atoms with E-state index in [2.05, 4.69) is 10.2 Å². The molecule has 1 saturated carbocycles. The summed E-state index contributed by atoms with van der Waals surface area (Å²) in [7, 11) is 0. The van der Waals surface area contributed by atoms with Gasteiger partial charge in [0.25, 0.3) is 0 Å². The standard InChI is InChI=1S/C10H13N3O2/c11-10(9(14)15)4-3-6-7(10)8(13-12-6)5-1-2-5/h5H,1-4,11H2,(H,12,13)(H,14,15). The van der Waals surface area contributed by atoms with Crippen LogP contribution < -0.4 is 5.73 Å². The van der Waals surface area contributed by atoms with Gasteiger partial charge in [-0.1, -0.05) is 0 Å². The van der Waals surface area contributed by atoms with Crippen molar-refractivity contribution in [1.29, 1.82) is 0 Å². The highest BCUT2D eigenvalue weighted by Gasteiger charge is 2.47. The molecule has 0 saturated heterocycles. The number of carboxylic acids is 1. The van der Waals surface area contributed by atoms with Crippen molar-refractivity contribution in [2.75, 3.05) is 0 Å². The van der Waals surface area contributed by atoms with E-state index in [1.165, 1.54) is 0 Å². The first-order chi connectivity index (χ1) is 7.13. The Kier molecular flexibility index (Phi) is 1.55. The van der Waals surface area contributed by atoms with Gasteiger partial charge in [-0.15, -0.1) is 0 Å². The molecule has 0 amide bonds. The summed E-state index contributed by atoms with van der Waals surface area (Å²) < 4.78 is 0. The van der Waals surface area contributed by atoms with Gasteiger partial charge in [0.05, 0.1) is 5.69 Å². The van der Waals surface area contributed by atoms with Gasteiger partial charge < -0.3 is 10.8 Å². The molecule has 0 aliphatic heterocycles. The zero-order valence-corrected chi connectivity index (χ0v) is 8.29. The second kappa shape index (κ2) is 2.61. The lowest BCUT2D eigenvalue weighted by Crippen LogP contribution is -2.43. The normalized spacial score (nSPS) is 29.1. The first-order valence-electron chi connectivity index (χ1n) is 5.23. The number of aromatic nitrogens is 2. The third-order valence-corrected chi connectivity index (χ3v) is 3.43. The number of nitrogens with one attached hydrogen (secondary N) is 1. The first kappa shape index (κ1) is 8.91. The summed E-state index contributed by atoms with van der Waals surface area (Å²) in [6.45, 7) is 0. The number of nitrogens with zero attached hydrogens (tertiary/aromatic N) is 1. The van der Waals surface area contributed by atoms with Crippen LogP contribution >= 0.6 is 0 Å². The summed E-state index contributed by atoms with van der Waals surface area (Å²) in [6, 6.07) is 0. The number of hydrogen-bond acceptors (Lipinski definition) is 3. The number of hydrogen-bond donors (Lipinski definition) is 3. The smallest absolute Gasteiger partial charge is 0.328 e. The number of aryl methyl sites for hydroxylation is 1. The summed E-state index contributed by atoms with van der Waals surface area (Å²) in [6.07, 6.45) is 3.38. The zero-order valence-electron chi connectivity index (χ0n) is 8.29. The maximum absolute atomic E-state index is 11.2. The topological polar surface area (TPSA) is 92.0 Å². The zero-order chi connectivity index (χ0) is 10.6. The maximum Gasteiger partial charge on any atom is 0.328 e. The van der Waals surface area contributed by atoms with Crippen molar-refractivity contribution in [1.82, 2.24) is 10.2 Å². The van der Waals surface area contributed by atoms with Gasteiger partial charge in [-0.3, -0.25) is 5.10 Å². The molecule has 1 atom stereocenters. The van der Waals surface area contributed by atoms with Crippen molar-refractivity contribution < 1.29 is 9.90 Å². The van der Waals surface area contributed by atoms with E-state index in [9.17, 15) is 9.90 Å². The van der Waals surface area contributed by atoms with E-state index in [1.54, 1.807) is 0 Å². The molecule has 1 fully saturated rings. The second-order valence-electron chi connectivity index (χ2n) is 4.51. The highest BCUT2D eigenvalue weighted by molar-refractivity contribution is 5.82. The maximum atomic E-state index is 11.2. The van der Waals surface area contributed by atoms with Gasteiger partial charge in [0.15, 0.2) is 0 Å². The molecule has 3 rings (SSSR count). The van der Waals surface area contributed by atoms with Crippen molar-refractivity contribution in [3.8, 4) is 0 Å². The van der Waals surface area contributed by atoms with E-state index in [0.717, 1.165) is 29.8 Å². The Bertz CT molecular complexity index is 436. The molecule has 80 valence electrons. The molecule has 4 N–H and O–H groups in total. The molecule has 0 aromatic carbocycles. The van der Waals surface area contributed by atoms with Crippen LogP contribution in [-0.2, 0) is 16.8 Å². The molecule has 1 aromatic rings. The van der Waals surface area contributed by atoms with Gasteiger partial charge in [-0.25, -0.2) is 4.79 Å². The van der Waals surface area contributed by atoms with Gasteiger partial charge in [0, 0.05) is 17.2 Å². The van der Waals surface area contributed by atoms with Crippen LogP contribution in [0.25, 0.3) is 0 Å². The molecule has 0 radical (unpaired) electrons. The molecule has 2 aliphatic carbocycles. The Balaban J connectivity index is 2.14. The van der Waals surface area contributed by atoms with E-state index >= 15 is 0 Å². The number of H-pyrrole nitrogens is 1. The fourth-order valence-corrected chi connectivity index (χ4v) is 2.39. The van der Waals surface area contributed by atoms with Crippen molar-refractivity contribution in [3.05, 3.63) is 17.0 Å². The van der Waals surface area contributed by atoms with Gasteiger partial charge in [-0.2, -0.15) is 5.10 Å². The fourth-order valence-electron chi connectivity index (χ4n) is 2.39. The number of carboxylic acid groups (broad SMARTS) is 1. The summed E-state index contributed by atoms with van der Waals surface area (Å²) in [5.41, 5.74) is 7.33. The summed E-state index contributed by atoms with van der Waals surface area (Å²) in [5, 5.41) is 16.3. The average Bonchev–Trinajstić information content (AvgIpc) is 2.85. The number of rotatable bonds is 2. The van der Waals surface area contributed by atoms with E-state index in [1.807, 2.05) is 0 Å². The third kappa shape index (κ3) is 1.07. The summed E-state index contributed by atoms with van der Waals surface area (Å²) in [5.74, 6) is -0.505. The molecule has 5 nitrogen and oxygen atoms in total. The van der Waals surface area contributed by atoms with Gasteiger partial charge >= 0.3 is 5.97 Å². The van der Waals surface area contributed by atoms with Crippen molar-refractivity contribution in [2.24, 2.45) is 5.73 Å². The molecule has 5 heteroatoms. The molecular weight excluding hydrogens is 194 g/mol. The van der Waals surface area contributed by atoms with E-state index in [0.29, 0.717) is 18.8 Å². The Morgan fingerprint density at radius 2 is 2.33 bits per heavy atom. The SMILES string of the molecule is NC1(C(=O)O)CCc2[nH]nc(C3CC3)c21. The first-order valence-corrected chi connectivity index (χ1v) is 5.23. The van der Waals surface area contributed by atoms with Crippen molar-refractivity contribution >= 4 is 5.97 Å². The number of fused-ring (bicyclic) bond motifs is 1. The fraction of sp³-hybridized carbons (Fsp3) is 0.600. The van der Waals surface area contributed by atoms with Crippen molar-refractivity contribution in [2.45, 2.75) is 37.1 Å². The van der Waals surface area contributed by atoms with Crippen LogP contribution in [0.5, 0.6) is 0 Å². The third-order valence-electron chi connectivity index (χ3n) is 3.43. The summed E-state index contributed by atoms with van der Waals surface area (Å²) in [4.78, 5) is 11.2. The van der Waals surface area contributed by atoms with Crippen LogP contribution in [-0.4, -0.2) is 21.3 Å². The van der Waals surface area contributed by atoms with Crippen LogP contribution in [0, 0.1) is 0 Å². The minimum absolute atomic E-state index is 0.436. The quantitative estimate of drug-likeness (QED) is 0.657. The second-order valence-corrected chi connectivity index (χ2v) is 4.51. The van der Waals surface area contributed by atoms with Crippen molar-refractivity contribution in [3.63, 3.8) is 0 Å². The van der Waals surface area contributed by atoms with Gasteiger partial charge in [-0.05, 0) is 25.7 Å². The van der Waals surface area contributed by atoms with Gasteiger partial charge in [0.2, 0.25) is 0 Å². The minimum atomic E-state index is -1.21. The lowest BCUT2D eigenvalue weighted by molar-refractivity contribution is -0.143. The highest BCUT2D eigenvalue weighted by atomic mass is 16.4. The Morgan fingerprint density at radius 3 is 2.93 bits per heavy atom. The van der Waals surface area contributed by atoms with Crippen LogP contribution in [0.4, 0.5) is 0 Å². The predicted octanol–water partition coefficient (Wildman–Crippen LogP) is 0.472. The number of aromatic amines is 1. The van der Waals surface area contributed by atoms with E-state index < -0.39 is 11.5 Å². The molecule has 0 spiro atoms. The molecule has 15 heavy (non-hydrogen) atoms. The molecule has 2 aliphatic rings. The molecule has 1 aromatic heterocycles. The monoisotopic (exact) mass is 207 g/mol.